The summed E-state index contributed by atoms with van der Waals surface area (Å²) in [6.07, 6.45) is -2.80. The zero-order valence-electron chi connectivity index (χ0n) is 6.72. The van der Waals surface area contributed by atoms with E-state index in [2.05, 4.69) is 5.32 Å². The molecule has 1 aliphatic rings. The molecule has 1 aliphatic heterocycles. The first-order valence-electron chi connectivity index (χ1n) is 4.05. The summed E-state index contributed by atoms with van der Waals surface area (Å²) in [5.41, 5.74) is 0. The summed E-state index contributed by atoms with van der Waals surface area (Å²) >= 11 is 0. The maximum atomic E-state index is 9.36. The minimum atomic E-state index is -1.17. The van der Waals surface area contributed by atoms with Crippen LogP contribution >= 0.6 is 0 Å². The zero-order chi connectivity index (χ0) is 9.14. The van der Waals surface area contributed by atoms with Gasteiger partial charge in [-0.05, 0) is 13.0 Å². The van der Waals surface area contributed by atoms with E-state index in [9.17, 15) is 15.3 Å². The van der Waals surface area contributed by atoms with Crippen LogP contribution in [0.3, 0.4) is 0 Å². The van der Waals surface area contributed by atoms with Gasteiger partial charge in [0.2, 0.25) is 0 Å². The molecule has 0 spiro atoms. The van der Waals surface area contributed by atoms with Gasteiger partial charge in [0.25, 0.3) is 0 Å². The van der Waals surface area contributed by atoms with Crippen LogP contribution in [0.5, 0.6) is 0 Å². The van der Waals surface area contributed by atoms with Crippen LogP contribution in [-0.2, 0) is 0 Å². The molecule has 5 N–H and O–H groups in total. The zero-order valence-corrected chi connectivity index (χ0v) is 6.72. The van der Waals surface area contributed by atoms with Gasteiger partial charge in [-0.25, -0.2) is 0 Å². The van der Waals surface area contributed by atoms with Crippen LogP contribution in [0.25, 0.3) is 0 Å². The third-order valence-electron chi connectivity index (χ3n) is 2.20. The predicted octanol–water partition coefficient (Wildman–Crippen LogP) is -2.58. The molecule has 1 rings (SSSR count). The number of hydrogen-bond acceptors (Lipinski definition) is 5. The van der Waals surface area contributed by atoms with Crippen LogP contribution in [0.4, 0.5) is 0 Å². The Kier molecular flexibility index (Phi) is 3.42. The van der Waals surface area contributed by atoms with E-state index < -0.39 is 24.4 Å². The van der Waals surface area contributed by atoms with Gasteiger partial charge in [0.1, 0.15) is 6.10 Å². The van der Waals surface area contributed by atoms with Crippen LogP contribution in [0.15, 0.2) is 0 Å². The van der Waals surface area contributed by atoms with Gasteiger partial charge in [-0.15, -0.1) is 0 Å². The molecule has 1 heterocycles. The second-order valence-electron chi connectivity index (χ2n) is 3.08. The summed E-state index contributed by atoms with van der Waals surface area (Å²) in [5.74, 6) is 0. The van der Waals surface area contributed by atoms with Gasteiger partial charge in [-0.1, -0.05) is 0 Å². The van der Waals surface area contributed by atoms with E-state index in [1.165, 1.54) is 0 Å². The molecular formula is C7H15NO4. The van der Waals surface area contributed by atoms with Gasteiger partial charge < -0.3 is 25.7 Å². The van der Waals surface area contributed by atoms with Crippen LogP contribution in [-0.4, -0.2) is 57.9 Å². The Labute approximate surface area is 70.6 Å². The second-order valence-corrected chi connectivity index (χ2v) is 3.08. The smallest absolute Gasteiger partial charge is 0.107 e. The average molecular weight is 177 g/mol. The monoisotopic (exact) mass is 177 g/mol. The highest BCUT2D eigenvalue weighted by atomic mass is 16.4. The van der Waals surface area contributed by atoms with Crippen molar-refractivity contribution in [2.45, 2.75) is 30.8 Å². The number of nitrogens with one attached hydrogen (secondary N) is 1. The maximum absolute atomic E-state index is 9.36. The first kappa shape index (κ1) is 9.88. The highest BCUT2D eigenvalue weighted by molar-refractivity contribution is 4.88. The summed E-state index contributed by atoms with van der Waals surface area (Å²) in [5, 5.41) is 39.4. The molecule has 5 heteroatoms. The Morgan fingerprint density at radius 2 is 1.83 bits per heavy atom. The molecule has 0 amide bonds. The molecule has 0 aromatic carbocycles. The Morgan fingerprint density at radius 1 is 1.17 bits per heavy atom. The van der Waals surface area contributed by atoms with Crippen LogP contribution in [0.1, 0.15) is 6.42 Å². The fourth-order valence-corrected chi connectivity index (χ4v) is 1.35. The number of hydrogen-bond donors (Lipinski definition) is 5. The molecule has 1 fully saturated rings. The fraction of sp³-hybridized carbons (Fsp3) is 1.00. The third-order valence-corrected chi connectivity index (χ3v) is 2.20. The molecule has 0 bridgehead atoms. The van der Waals surface area contributed by atoms with Crippen molar-refractivity contribution in [2.24, 2.45) is 0 Å². The van der Waals surface area contributed by atoms with Crippen LogP contribution < -0.4 is 5.32 Å². The number of rotatable bonds is 1. The van der Waals surface area contributed by atoms with E-state index in [1.807, 2.05) is 0 Å². The van der Waals surface area contributed by atoms with Gasteiger partial charge in [0.05, 0.1) is 24.9 Å². The van der Waals surface area contributed by atoms with E-state index in [-0.39, 0.29) is 6.61 Å². The standard InChI is InChI=1S/C7H15NO4/c9-3-4-6(11)7(12)5(10)1-2-8-4/h4-12H,1-3H2/t4?,5-,6?,7?/m1/s1. The van der Waals surface area contributed by atoms with Gasteiger partial charge in [-0.3, -0.25) is 0 Å². The molecule has 72 valence electrons. The molecule has 3 unspecified atom stereocenters. The summed E-state index contributed by atoms with van der Waals surface area (Å²) in [6, 6.07) is -0.544. The Balaban J connectivity index is 2.59. The number of aliphatic hydroxyl groups is 4. The highest BCUT2D eigenvalue weighted by Gasteiger charge is 2.33. The lowest BCUT2D eigenvalue weighted by Crippen LogP contribution is -2.48. The lowest BCUT2D eigenvalue weighted by atomic mass is 10.0. The SMILES string of the molecule is OCC1NCC[C@@H](O)C(O)C1O. The third kappa shape index (κ3) is 1.94. The molecule has 12 heavy (non-hydrogen) atoms. The quantitative estimate of drug-likeness (QED) is 0.303. The average Bonchev–Trinajstić information content (AvgIpc) is 2.19. The van der Waals surface area contributed by atoms with Crippen molar-refractivity contribution in [2.75, 3.05) is 13.2 Å². The molecule has 0 aromatic rings. The van der Waals surface area contributed by atoms with E-state index in [4.69, 9.17) is 5.11 Å². The van der Waals surface area contributed by atoms with Crippen molar-refractivity contribution in [3.05, 3.63) is 0 Å². The summed E-state index contributed by atoms with van der Waals surface area (Å²) in [4.78, 5) is 0. The normalized spacial score (nSPS) is 44.0. The van der Waals surface area contributed by atoms with Crippen molar-refractivity contribution in [3.8, 4) is 0 Å². The highest BCUT2D eigenvalue weighted by Crippen LogP contribution is 2.11. The predicted molar refractivity (Wildman–Crippen MR) is 41.5 cm³/mol. The molecule has 1 saturated heterocycles. The van der Waals surface area contributed by atoms with Crippen molar-refractivity contribution in [1.82, 2.24) is 5.32 Å². The first-order chi connectivity index (χ1) is 5.66. The molecule has 4 atom stereocenters. The molecular weight excluding hydrogens is 162 g/mol. The van der Waals surface area contributed by atoms with Crippen LogP contribution in [0.2, 0.25) is 0 Å². The van der Waals surface area contributed by atoms with E-state index in [0.29, 0.717) is 13.0 Å². The summed E-state index contributed by atoms with van der Waals surface area (Å²) in [7, 11) is 0. The van der Waals surface area contributed by atoms with Crippen molar-refractivity contribution in [1.29, 1.82) is 0 Å². The van der Waals surface area contributed by atoms with Gasteiger partial charge in [0, 0.05) is 0 Å². The molecule has 5 nitrogen and oxygen atoms in total. The maximum Gasteiger partial charge on any atom is 0.107 e. The van der Waals surface area contributed by atoms with Gasteiger partial charge in [-0.2, -0.15) is 0 Å². The molecule has 0 aromatic heterocycles. The van der Waals surface area contributed by atoms with Crippen LogP contribution in [0, 0.1) is 0 Å². The molecule has 0 aliphatic carbocycles. The lowest BCUT2D eigenvalue weighted by molar-refractivity contribution is -0.0674. The lowest BCUT2D eigenvalue weighted by Gasteiger charge is -2.24. The molecule has 0 radical (unpaired) electrons. The minimum Gasteiger partial charge on any atom is -0.395 e. The largest absolute Gasteiger partial charge is 0.395 e. The minimum absolute atomic E-state index is 0.245. The Bertz CT molecular complexity index is 141. The Morgan fingerprint density at radius 3 is 2.42 bits per heavy atom. The van der Waals surface area contributed by atoms with Crippen molar-refractivity contribution < 1.29 is 20.4 Å². The second kappa shape index (κ2) is 4.15. The summed E-state index contributed by atoms with van der Waals surface area (Å²) in [6.45, 7) is 0.242. The topological polar surface area (TPSA) is 93.0 Å². The van der Waals surface area contributed by atoms with Gasteiger partial charge in [0.15, 0.2) is 0 Å². The van der Waals surface area contributed by atoms with Crippen molar-refractivity contribution in [3.63, 3.8) is 0 Å². The number of aliphatic hydroxyl groups excluding tert-OH is 4. The first-order valence-corrected chi connectivity index (χ1v) is 4.05. The summed E-state index contributed by atoms with van der Waals surface area (Å²) < 4.78 is 0. The van der Waals surface area contributed by atoms with E-state index in [0.717, 1.165) is 0 Å². The Hall–Kier alpha value is -0.200. The van der Waals surface area contributed by atoms with E-state index in [1.54, 1.807) is 0 Å². The molecule has 0 saturated carbocycles. The fourth-order valence-electron chi connectivity index (χ4n) is 1.35. The van der Waals surface area contributed by atoms with E-state index >= 15 is 0 Å². The van der Waals surface area contributed by atoms with Gasteiger partial charge >= 0.3 is 0 Å². The van der Waals surface area contributed by atoms with Crippen molar-refractivity contribution >= 4 is 0 Å².